The number of aliphatic hydroxyl groups is 2. The first-order valence-electron chi connectivity index (χ1n) is 14.1. The van der Waals surface area contributed by atoms with Gasteiger partial charge in [-0.25, -0.2) is 0 Å². The fourth-order valence-electron chi connectivity index (χ4n) is 11.7. The van der Waals surface area contributed by atoms with Crippen molar-refractivity contribution in [2.75, 3.05) is 0 Å². The number of aliphatic hydroxyl groups excluding tert-OH is 2. The standard InChI is InChI=1S/C30H50O3/c1-24(2)13-14-27(6)20(16-24)30-23(33-30)15-19-26(5)11-10-21(31)25(3,4)18(26)9-12-28(19,7)29(30,8)17-22(27)32/h18-23,31-32H,9-17H2,1-8H3/t18-,19+,20+,21-,22-,23+,26-,27-,28+,29-,30+/m0/s1. The molecule has 0 aromatic carbocycles. The highest BCUT2D eigenvalue weighted by Gasteiger charge is 2.85. The van der Waals surface area contributed by atoms with Gasteiger partial charge in [0, 0.05) is 5.41 Å². The predicted molar refractivity (Wildman–Crippen MR) is 132 cm³/mol. The molecule has 6 aliphatic rings. The molecule has 33 heavy (non-hydrogen) atoms. The number of hydrogen-bond acceptors (Lipinski definition) is 3. The SMILES string of the molecule is CC1(C)CC[C@@]2(C)[C@@H](C1)[C@@]13O[C@@H]1C[C@@H]1[C@@]4(C)CC[C@H](O)C(C)(C)[C@@H]4CC[C@@]1(C)[C@]3(C)C[C@@H]2O. The lowest BCUT2D eigenvalue weighted by Crippen LogP contribution is -2.72. The van der Waals surface area contributed by atoms with Crippen molar-refractivity contribution in [2.24, 2.45) is 50.2 Å². The number of hydrogen-bond donors (Lipinski definition) is 2. The second-order valence-corrected chi connectivity index (χ2v) is 16.1. The fraction of sp³-hybridized carbons (Fsp3) is 1.00. The molecule has 0 aromatic heterocycles. The van der Waals surface area contributed by atoms with Crippen molar-refractivity contribution in [3.05, 3.63) is 0 Å². The smallest absolute Gasteiger partial charge is 0.104 e. The van der Waals surface area contributed by atoms with E-state index in [0.29, 0.717) is 29.3 Å². The zero-order chi connectivity index (χ0) is 24.0. The molecule has 11 atom stereocenters. The van der Waals surface area contributed by atoms with Crippen molar-refractivity contribution in [3.8, 4) is 0 Å². The largest absolute Gasteiger partial charge is 0.393 e. The van der Waals surface area contributed by atoms with E-state index in [1.807, 2.05) is 0 Å². The Bertz CT molecular complexity index is 865. The predicted octanol–water partition coefficient (Wildman–Crippen LogP) is 6.35. The average Bonchev–Trinajstić information content (AvgIpc) is 3.44. The minimum absolute atomic E-state index is 0.00891. The highest BCUT2D eigenvalue weighted by molar-refractivity contribution is 5.33. The minimum atomic E-state index is -0.232. The van der Waals surface area contributed by atoms with Crippen LogP contribution in [0, 0.1) is 50.2 Å². The first kappa shape index (κ1) is 23.3. The van der Waals surface area contributed by atoms with Gasteiger partial charge in [0.1, 0.15) is 5.60 Å². The Labute approximate surface area is 202 Å². The van der Waals surface area contributed by atoms with E-state index in [0.717, 1.165) is 25.7 Å². The molecule has 1 spiro atoms. The van der Waals surface area contributed by atoms with Crippen LogP contribution in [0.25, 0.3) is 0 Å². The van der Waals surface area contributed by atoms with E-state index in [1.165, 1.54) is 32.1 Å². The van der Waals surface area contributed by atoms with Crippen LogP contribution in [0.3, 0.4) is 0 Å². The third kappa shape index (κ3) is 2.45. The van der Waals surface area contributed by atoms with E-state index in [2.05, 4.69) is 55.4 Å². The Morgan fingerprint density at radius 2 is 1.36 bits per heavy atom. The highest BCUT2D eigenvalue weighted by atomic mass is 16.6. The highest BCUT2D eigenvalue weighted by Crippen LogP contribution is 2.83. The van der Waals surface area contributed by atoms with Gasteiger partial charge in [0.25, 0.3) is 0 Å². The molecule has 0 amide bonds. The van der Waals surface area contributed by atoms with Gasteiger partial charge >= 0.3 is 0 Å². The first-order chi connectivity index (χ1) is 15.1. The summed E-state index contributed by atoms with van der Waals surface area (Å²) in [7, 11) is 0. The third-order valence-corrected chi connectivity index (χ3v) is 14.1. The van der Waals surface area contributed by atoms with Gasteiger partial charge in [-0.3, -0.25) is 0 Å². The van der Waals surface area contributed by atoms with Gasteiger partial charge in [-0.15, -0.1) is 0 Å². The van der Waals surface area contributed by atoms with Gasteiger partial charge in [-0.05, 0) is 103 Å². The zero-order valence-corrected chi connectivity index (χ0v) is 22.6. The summed E-state index contributed by atoms with van der Waals surface area (Å²) >= 11 is 0. The van der Waals surface area contributed by atoms with E-state index in [4.69, 9.17) is 4.74 Å². The molecule has 1 aliphatic heterocycles. The lowest BCUT2D eigenvalue weighted by molar-refractivity contribution is -0.262. The number of ether oxygens (including phenoxy) is 1. The Kier molecular flexibility index (Phi) is 4.39. The molecule has 0 radical (unpaired) electrons. The van der Waals surface area contributed by atoms with E-state index in [-0.39, 0.29) is 44.9 Å². The van der Waals surface area contributed by atoms with Crippen LogP contribution in [-0.2, 0) is 4.74 Å². The molecular formula is C30H50O3. The maximum atomic E-state index is 11.8. The number of rotatable bonds is 0. The molecule has 6 rings (SSSR count). The van der Waals surface area contributed by atoms with Gasteiger partial charge in [0.2, 0.25) is 0 Å². The Morgan fingerprint density at radius 3 is 2.06 bits per heavy atom. The molecule has 0 bridgehead atoms. The average molecular weight is 459 g/mol. The molecule has 2 N–H and O–H groups in total. The molecule has 6 fully saturated rings. The first-order valence-corrected chi connectivity index (χ1v) is 14.1. The van der Waals surface area contributed by atoms with Gasteiger partial charge in [0.15, 0.2) is 0 Å². The second kappa shape index (κ2) is 6.23. The summed E-state index contributed by atoms with van der Waals surface area (Å²) in [6.07, 6.45) is 10.0. The van der Waals surface area contributed by atoms with Crippen molar-refractivity contribution in [1.82, 2.24) is 0 Å². The summed E-state index contributed by atoms with van der Waals surface area (Å²) in [4.78, 5) is 0. The van der Waals surface area contributed by atoms with Crippen LogP contribution >= 0.6 is 0 Å². The maximum Gasteiger partial charge on any atom is 0.104 e. The van der Waals surface area contributed by atoms with Crippen molar-refractivity contribution < 1.29 is 14.9 Å². The quantitative estimate of drug-likeness (QED) is 0.416. The summed E-state index contributed by atoms with van der Waals surface area (Å²) in [5.41, 5.74) is 0.688. The molecule has 0 aromatic rings. The number of fused-ring (bicyclic) bond motifs is 5. The van der Waals surface area contributed by atoms with Crippen LogP contribution in [0.5, 0.6) is 0 Å². The maximum absolute atomic E-state index is 11.8. The monoisotopic (exact) mass is 458 g/mol. The van der Waals surface area contributed by atoms with Crippen molar-refractivity contribution in [2.45, 2.75) is 137 Å². The summed E-state index contributed by atoms with van der Waals surface area (Å²) in [6.45, 7) is 19.6. The van der Waals surface area contributed by atoms with Crippen LogP contribution < -0.4 is 0 Å². The van der Waals surface area contributed by atoms with Crippen molar-refractivity contribution in [3.63, 3.8) is 0 Å². The van der Waals surface area contributed by atoms with Crippen LogP contribution in [-0.4, -0.2) is 34.1 Å². The topological polar surface area (TPSA) is 53.0 Å². The lowest BCUT2D eigenvalue weighted by atomic mass is 9.31. The van der Waals surface area contributed by atoms with Crippen LogP contribution in [0.1, 0.15) is 113 Å². The zero-order valence-electron chi connectivity index (χ0n) is 22.6. The third-order valence-electron chi connectivity index (χ3n) is 14.1. The van der Waals surface area contributed by atoms with Crippen LogP contribution in [0.4, 0.5) is 0 Å². The normalized spacial score (nSPS) is 62.7. The molecule has 0 unspecified atom stereocenters. The molecule has 3 heteroatoms. The molecule has 1 saturated heterocycles. The molecule has 5 aliphatic carbocycles. The Balaban J connectivity index is 1.45. The van der Waals surface area contributed by atoms with Crippen molar-refractivity contribution >= 4 is 0 Å². The van der Waals surface area contributed by atoms with E-state index in [1.54, 1.807) is 0 Å². The second-order valence-electron chi connectivity index (χ2n) is 16.1. The number of epoxide rings is 1. The molecule has 188 valence electrons. The van der Waals surface area contributed by atoms with E-state index >= 15 is 0 Å². The van der Waals surface area contributed by atoms with E-state index in [9.17, 15) is 10.2 Å². The Morgan fingerprint density at radius 1 is 0.667 bits per heavy atom. The van der Waals surface area contributed by atoms with E-state index < -0.39 is 0 Å². The van der Waals surface area contributed by atoms with Gasteiger partial charge in [-0.2, -0.15) is 0 Å². The molecule has 5 saturated carbocycles. The van der Waals surface area contributed by atoms with Crippen molar-refractivity contribution in [1.29, 1.82) is 0 Å². The van der Waals surface area contributed by atoms with Crippen LogP contribution in [0.2, 0.25) is 0 Å². The van der Waals surface area contributed by atoms with Gasteiger partial charge in [-0.1, -0.05) is 55.4 Å². The fourth-order valence-corrected chi connectivity index (χ4v) is 11.7. The van der Waals surface area contributed by atoms with Gasteiger partial charge < -0.3 is 14.9 Å². The minimum Gasteiger partial charge on any atom is -0.393 e. The summed E-state index contributed by atoms with van der Waals surface area (Å²) in [5, 5.41) is 22.7. The van der Waals surface area contributed by atoms with Crippen LogP contribution in [0.15, 0.2) is 0 Å². The summed E-state index contributed by atoms with van der Waals surface area (Å²) < 4.78 is 7.04. The molecule has 3 nitrogen and oxygen atoms in total. The Hall–Kier alpha value is -0.120. The summed E-state index contributed by atoms with van der Waals surface area (Å²) in [6, 6.07) is 0. The molecule has 1 heterocycles. The lowest BCUT2D eigenvalue weighted by Gasteiger charge is -2.73. The molecular weight excluding hydrogens is 408 g/mol. The summed E-state index contributed by atoms with van der Waals surface area (Å²) in [5.74, 6) is 1.63. The van der Waals surface area contributed by atoms with Gasteiger partial charge in [0.05, 0.1) is 18.3 Å².